The number of hydrogen-bond donors (Lipinski definition) is 2. The first-order valence-corrected chi connectivity index (χ1v) is 4.28. The summed E-state index contributed by atoms with van der Waals surface area (Å²) in [4.78, 5) is 12.9. The van der Waals surface area contributed by atoms with Gasteiger partial charge in [-0.2, -0.15) is 0 Å². The number of aliphatic hydroxyl groups excluding tert-OH is 1. The van der Waals surface area contributed by atoms with Crippen LogP contribution < -0.4 is 5.73 Å². The number of nitrogens with two attached hydrogens (primary N) is 1. The number of nitrogens with zero attached hydrogens (tertiary/aromatic N) is 1. The highest BCUT2D eigenvalue weighted by Gasteiger charge is 2.15. The molecule has 0 heterocycles. The summed E-state index contributed by atoms with van der Waals surface area (Å²) in [5.41, 5.74) is 5.42. The van der Waals surface area contributed by atoms with E-state index in [4.69, 9.17) is 10.8 Å². The fourth-order valence-corrected chi connectivity index (χ4v) is 1.01. The highest BCUT2D eigenvalue weighted by atomic mass is 16.3. The first kappa shape index (κ1) is 11.4. The van der Waals surface area contributed by atoms with Crippen LogP contribution >= 0.6 is 0 Å². The molecule has 0 aromatic heterocycles. The summed E-state index contributed by atoms with van der Waals surface area (Å²) >= 11 is 0. The van der Waals surface area contributed by atoms with Crippen LogP contribution in [0.4, 0.5) is 0 Å². The SMILES string of the molecule is CCCN(CCO)C(=O)[C@@H](C)N. The molecule has 0 aliphatic rings. The molecule has 1 amide bonds. The Balaban J connectivity index is 3.99. The number of hydrogen-bond acceptors (Lipinski definition) is 3. The summed E-state index contributed by atoms with van der Waals surface area (Å²) in [6.07, 6.45) is 0.887. The van der Waals surface area contributed by atoms with Gasteiger partial charge in [-0.1, -0.05) is 6.92 Å². The zero-order valence-corrected chi connectivity index (χ0v) is 7.79. The molecule has 0 saturated carbocycles. The molecule has 0 rings (SSSR count). The molecule has 0 bridgehead atoms. The third-order valence-electron chi connectivity index (χ3n) is 1.56. The zero-order chi connectivity index (χ0) is 9.56. The van der Waals surface area contributed by atoms with Gasteiger partial charge in [0.15, 0.2) is 0 Å². The summed E-state index contributed by atoms with van der Waals surface area (Å²) in [7, 11) is 0. The van der Waals surface area contributed by atoms with Crippen LogP contribution in [0.1, 0.15) is 20.3 Å². The molecule has 0 radical (unpaired) electrons. The van der Waals surface area contributed by atoms with Gasteiger partial charge < -0.3 is 15.7 Å². The Hall–Kier alpha value is -0.610. The predicted molar refractivity (Wildman–Crippen MR) is 47.6 cm³/mol. The van der Waals surface area contributed by atoms with Crippen LogP contribution in [0.25, 0.3) is 0 Å². The standard InChI is InChI=1S/C8H18N2O2/c1-3-4-10(5-6-11)8(12)7(2)9/h7,11H,3-6,9H2,1-2H3/t7-/m1/s1. The lowest BCUT2D eigenvalue weighted by molar-refractivity contribution is -0.132. The first-order valence-electron chi connectivity index (χ1n) is 4.28. The first-order chi connectivity index (χ1) is 5.63. The number of carbonyl (C=O) groups excluding carboxylic acids is 1. The van der Waals surface area contributed by atoms with E-state index < -0.39 is 6.04 Å². The van der Waals surface area contributed by atoms with Crippen LogP contribution in [0.5, 0.6) is 0 Å². The molecule has 4 heteroatoms. The second kappa shape index (κ2) is 5.97. The number of aliphatic hydroxyl groups is 1. The van der Waals surface area contributed by atoms with Crippen molar-refractivity contribution in [1.29, 1.82) is 0 Å². The van der Waals surface area contributed by atoms with E-state index in [1.54, 1.807) is 11.8 Å². The minimum absolute atomic E-state index is 0.00153. The smallest absolute Gasteiger partial charge is 0.239 e. The van der Waals surface area contributed by atoms with E-state index in [0.717, 1.165) is 6.42 Å². The normalized spacial score (nSPS) is 12.7. The summed E-state index contributed by atoms with van der Waals surface area (Å²) in [5, 5.41) is 8.66. The van der Waals surface area contributed by atoms with Crippen molar-refractivity contribution in [2.24, 2.45) is 5.73 Å². The summed E-state index contributed by atoms with van der Waals surface area (Å²) in [6.45, 7) is 4.69. The van der Waals surface area contributed by atoms with Gasteiger partial charge in [-0.3, -0.25) is 4.79 Å². The molecule has 0 aromatic rings. The Morgan fingerprint density at radius 3 is 2.50 bits per heavy atom. The van der Waals surface area contributed by atoms with Gasteiger partial charge in [0.05, 0.1) is 12.6 Å². The molecule has 12 heavy (non-hydrogen) atoms. The summed E-state index contributed by atoms with van der Waals surface area (Å²) < 4.78 is 0. The maximum atomic E-state index is 11.3. The Bertz CT molecular complexity index is 131. The Kier molecular flexibility index (Phi) is 5.66. The van der Waals surface area contributed by atoms with Crippen LogP contribution in [0.2, 0.25) is 0 Å². The van der Waals surface area contributed by atoms with Gasteiger partial charge in [-0.05, 0) is 13.3 Å². The monoisotopic (exact) mass is 174 g/mol. The van der Waals surface area contributed by atoms with Gasteiger partial charge in [-0.15, -0.1) is 0 Å². The van der Waals surface area contributed by atoms with Crippen LogP contribution in [0, 0.1) is 0 Å². The molecule has 0 saturated heterocycles. The molecule has 0 spiro atoms. The number of carbonyl (C=O) groups is 1. The molecular formula is C8H18N2O2. The van der Waals surface area contributed by atoms with Crippen molar-refractivity contribution >= 4 is 5.91 Å². The van der Waals surface area contributed by atoms with Crippen molar-refractivity contribution in [3.63, 3.8) is 0 Å². The highest BCUT2D eigenvalue weighted by molar-refractivity contribution is 5.81. The van der Waals surface area contributed by atoms with Crippen molar-refractivity contribution in [3.8, 4) is 0 Å². The van der Waals surface area contributed by atoms with Gasteiger partial charge in [0, 0.05) is 13.1 Å². The average Bonchev–Trinajstić information content (AvgIpc) is 2.03. The largest absolute Gasteiger partial charge is 0.395 e. The maximum Gasteiger partial charge on any atom is 0.239 e. The summed E-state index contributed by atoms with van der Waals surface area (Å²) in [5.74, 6) is -0.0918. The zero-order valence-electron chi connectivity index (χ0n) is 7.79. The number of amides is 1. The molecule has 0 aliphatic heterocycles. The highest BCUT2D eigenvalue weighted by Crippen LogP contribution is 1.94. The molecule has 0 unspecified atom stereocenters. The van der Waals surface area contributed by atoms with Crippen molar-refractivity contribution < 1.29 is 9.90 Å². The lowest BCUT2D eigenvalue weighted by atomic mass is 10.3. The van der Waals surface area contributed by atoms with Gasteiger partial charge in [-0.25, -0.2) is 0 Å². The third kappa shape index (κ3) is 3.69. The van der Waals surface area contributed by atoms with Crippen molar-refractivity contribution in [3.05, 3.63) is 0 Å². The molecule has 3 N–H and O–H groups in total. The van der Waals surface area contributed by atoms with Crippen LogP contribution in [0.15, 0.2) is 0 Å². The molecule has 0 aliphatic carbocycles. The van der Waals surface area contributed by atoms with Gasteiger partial charge in [0.25, 0.3) is 0 Å². The van der Waals surface area contributed by atoms with E-state index in [1.807, 2.05) is 6.92 Å². The van der Waals surface area contributed by atoms with Crippen molar-refractivity contribution in [1.82, 2.24) is 4.90 Å². The van der Waals surface area contributed by atoms with Crippen molar-refractivity contribution in [2.75, 3.05) is 19.7 Å². The van der Waals surface area contributed by atoms with Crippen LogP contribution in [0.3, 0.4) is 0 Å². The molecule has 4 nitrogen and oxygen atoms in total. The predicted octanol–water partition coefficient (Wildman–Crippen LogP) is -0.435. The van der Waals surface area contributed by atoms with Crippen LogP contribution in [-0.4, -0.2) is 41.7 Å². The quantitative estimate of drug-likeness (QED) is 0.594. The summed E-state index contributed by atoms with van der Waals surface area (Å²) in [6, 6.07) is -0.469. The Morgan fingerprint density at radius 2 is 2.17 bits per heavy atom. The second-order valence-electron chi connectivity index (χ2n) is 2.84. The molecule has 1 atom stereocenters. The molecular weight excluding hydrogens is 156 g/mol. The van der Waals surface area contributed by atoms with Crippen molar-refractivity contribution in [2.45, 2.75) is 26.3 Å². The van der Waals surface area contributed by atoms with E-state index in [9.17, 15) is 4.79 Å². The fraction of sp³-hybridized carbons (Fsp3) is 0.875. The lowest BCUT2D eigenvalue weighted by Gasteiger charge is -2.22. The molecule has 0 aromatic carbocycles. The second-order valence-corrected chi connectivity index (χ2v) is 2.84. The Labute approximate surface area is 73.3 Å². The topological polar surface area (TPSA) is 66.6 Å². The van der Waals surface area contributed by atoms with E-state index >= 15 is 0 Å². The van der Waals surface area contributed by atoms with E-state index in [1.165, 1.54) is 0 Å². The van der Waals surface area contributed by atoms with E-state index in [0.29, 0.717) is 13.1 Å². The molecule has 72 valence electrons. The minimum atomic E-state index is -0.469. The number of rotatable bonds is 5. The maximum absolute atomic E-state index is 11.3. The lowest BCUT2D eigenvalue weighted by Crippen LogP contribution is -2.43. The van der Waals surface area contributed by atoms with E-state index in [2.05, 4.69) is 0 Å². The van der Waals surface area contributed by atoms with E-state index in [-0.39, 0.29) is 12.5 Å². The fourth-order valence-electron chi connectivity index (χ4n) is 1.01. The van der Waals surface area contributed by atoms with Gasteiger partial charge in [0.1, 0.15) is 0 Å². The van der Waals surface area contributed by atoms with Gasteiger partial charge >= 0.3 is 0 Å². The van der Waals surface area contributed by atoms with Gasteiger partial charge in [0.2, 0.25) is 5.91 Å². The molecule has 0 fully saturated rings. The minimum Gasteiger partial charge on any atom is -0.395 e. The van der Waals surface area contributed by atoms with Crippen LogP contribution in [-0.2, 0) is 4.79 Å². The Morgan fingerprint density at radius 1 is 1.58 bits per heavy atom. The average molecular weight is 174 g/mol. The third-order valence-corrected chi connectivity index (χ3v) is 1.56.